The van der Waals surface area contributed by atoms with Crippen molar-refractivity contribution in [2.75, 3.05) is 12.1 Å². The van der Waals surface area contributed by atoms with E-state index in [2.05, 4.69) is 10.6 Å². The number of aryl methyl sites for hydroxylation is 1. The van der Waals surface area contributed by atoms with E-state index in [1.807, 2.05) is 26.0 Å². The third-order valence-electron chi connectivity index (χ3n) is 7.74. The van der Waals surface area contributed by atoms with Crippen molar-refractivity contribution in [3.63, 3.8) is 0 Å². The standard InChI is InChI=1S/C25H25N3O6/c1-11-4-6-15-20(12(11)2)26-24(32)25(15)19-18(21(27-25)13(3)29)22(30)28(23(19)31)9-14-5-7-16-17(8-14)34-10-33-16/h4-8,13,18-19,21,27,29H,9-10H2,1-3H3,(H,26,32)/t13-,18-,19-,21-,25-/m0/s1. The Morgan fingerprint density at radius 2 is 1.88 bits per heavy atom. The molecule has 2 fully saturated rings. The Morgan fingerprint density at radius 3 is 2.65 bits per heavy atom. The van der Waals surface area contributed by atoms with Crippen LogP contribution in [0.25, 0.3) is 0 Å². The number of ether oxygens (including phenoxy) is 2. The van der Waals surface area contributed by atoms with E-state index in [0.717, 1.165) is 11.1 Å². The Kier molecular flexibility index (Phi) is 4.37. The predicted octanol–water partition coefficient (Wildman–Crippen LogP) is 1.33. The fourth-order valence-electron chi connectivity index (χ4n) is 5.90. The second-order valence-corrected chi connectivity index (χ2v) is 9.56. The molecule has 0 aliphatic carbocycles. The molecular formula is C25H25N3O6. The van der Waals surface area contributed by atoms with E-state index in [4.69, 9.17) is 9.47 Å². The van der Waals surface area contributed by atoms with Crippen LogP contribution >= 0.6 is 0 Å². The van der Waals surface area contributed by atoms with Gasteiger partial charge in [-0.1, -0.05) is 18.2 Å². The fraction of sp³-hybridized carbons (Fsp3) is 0.400. The van der Waals surface area contributed by atoms with Crippen molar-refractivity contribution in [1.82, 2.24) is 10.2 Å². The molecule has 176 valence electrons. The maximum absolute atomic E-state index is 13.8. The fourth-order valence-corrected chi connectivity index (χ4v) is 5.90. The summed E-state index contributed by atoms with van der Waals surface area (Å²) in [5.74, 6) is -1.84. The first-order valence-corrected chi connectivity index (χ1v) is 11.4. The molecule has 9 heteroatoms. The van der Waals surface area contributed by atoms with Crippen LogP contribution in [0.5, 0.6) is 11.5 Å². The van der Waals surface area contributed by atoms with E-state index in [-0.39, 0.29) is 19.2 Å². The maximum atomic E-state index is 13.8. The number of carbonyl (C=O) groups excluding carboxylic acids is 3. The summed E-state index contributed by atoms with van der Waals surface area (Å²) in [4.78, 5) is 42.1. The van der Waals surface area contributed by atoms with Crippen molar-refractivity contribution in [3.8, 4) is 11.5 Å². The molecule has 4 heterocycles. The molecule has 6 rings (SSSR count). The summed E-state index contributed by atoms with van der Waals surface area (Å²) in [5, 5.41) is 16.7. The number of rotatable bonds is 3. The van der Waals surface area contributed by atoms with Crippen LogP contribution in [0.15, 0.2) is 30.3 Å². The van der Waals surface area contributed by atoms with Crippen LogP contribution in [0, 0.1) is 25.7 Å². The molecule has 0 radical (unpaired) electrons. The van der Waals surface area contributed by atoms with Crippen LogP contribution in [-0.2, 0) is 26.5 Å². The number of amides is 3. The molecule has 0 saturated carbocycles. The van der Waals surface area contributed by atoms with Crippen LogP contribution in [-0.4, -0.2) is 46.7 Å². The molecule has 3 N–H and O–H groups in total. The lowest BCUT2D eigenvalue weighted by atomic mass is 9.76. The van der Waals surface area contributed by atoms with E-state index >= 15 is 0 Å². The summed E-state index contributed by atoms with van der Waals surface area (Å²) in [6, 6.07) is 8.28. The van der Waals surface area contributed by atoms with Crippen LogP contribution in [0.1, 0.15) is 29.2 Å². The molecule has 5 atom stereocenters. The summed E-state index contributed by atoms with van der Waals surface area (Å²) in [7, 11) is 0. The highest BCUT2D eigenvalue weighted by atomic mass is 16.7. The predicted molar refractivity (Wildman–Crippen MR) is 120 cm³/mol. The van der Waals surface area contributed by atoms with Crippen molar-refractivity contribution in [2.45, 2.75) is 45.0 Å². The third kappa shape index (κ3) is 2.59. The van der Waals surface area contributed by atoms with Crippen LogP contribution in [0.4, 0.5) is 5.69 Å². The zero-order chi connectivity index (χ0) is 23.9. The normalized spacial score (nSPS) is 29.6. The van der Waals surface area contributed by atoms with Gasteiger partial charge in [0.1, 0.15) is 5.54 Å². The highest BCUT2D eigenvalue weighted by molar-refractivity contribution is 6.15. The molecule has 4 aliphatic heterocycles. The lowest BCUT2D eigenvalue weighted by Gasteiger charge is -2.30. The van der Waals surface area contributed by atoms with E-state index in [0.29, 0.717) is 28.3 Å². The monoisotopic (exact) mass is 463 g/mol. The Hall–Kier alpha value is -3.43. The first kappa shape index (κ1) is 21.1. The number of likely N-dealkylation sites (tertiary alicyclic amines) is 1. The molecular weight excluding hydrogens is 438 g/mol. The molecule has 2 saturated heterocycles. The van der Waals surface area contributed by atoms with Crippen LogP contribution in [0.3, 0.4) is 0 Å². The van der Waals surface area contributed by atoms with Crippen LogP contribution in [0.2, 0.25) is 0 Å². The summed E-state index contributed by atoms with van der Waals surface area (Å²) >= 11 is 0. The van der Waals surface area contributed by atoms with E-state index in [1.165, 1.54) is 4.90 Å². The van der Waals surface area contributed by atoms with Crippen molar-refractivity contribution in [1.29, 1.82) is 0 Å². The topological polar surface area (TPSA) is 117 Å². The molecule has 4 aliphatic rings. The van der Waals surface area contributed by atoms with Crippen molar-refractivity contribution >= 4 is 23.4 Å². The molecule has 9 nitrogen and oxygen atoms in total. The van der Waals surface area contributed by atoms with Gasteiger partial charge in [0.05, 0.1) is 24.5 Å². The number of carbonyl (C=O) groups is 3. The molecule has 2 aromatic rings. The summed E-state index contributed by atoms with van der Waals surface area (Å²) < 4.78 is 10.8. The minimum absolute atomic E-state index is 0.0469. The average Bonchev–Trinajstić information content (AvgIpc) is 3.53. The van der Waals surface area contributed by atoms with Crippen molar-refractivity contribution < 1.29 is 29.0 Å². The summed E-state index contributed by atoms with van der Waals surface area (Å²) in [5.41, 5.74) is 2.52. The first-order valence-electron chi connectivity index (χ1n) is 11.4. The number of aliphatic hydroxyl groups excluding tert-OH is 1. The van der Waals surface area contributed by atoms with Gasteiger partial charge in [-0.15, -0.1) is 0 Å². The van der Waals surface area contributed by atoms with Gasteiger partial charge < -0.3 is 19.9 Å². The van der Waals surface area contributed by atoms with E-state index in [9.17, 15) is 19.5 Å². The molecule has 0 bridgehead atoms. The number of fused-ring (bicyclic) bond motifs is 5. The van der Waals surface area contributed by atoms with Crippen LogP contribution < -0.4 is 20.1 Å². The number of imide groups is 1. The van der Waals surface area contributed by atoms with Gasteiger partial charge in [-0.25, -0.2) is 0 Å². The summed E-state index contributed by atoms with van der Waals surface area (Å²) in [6.45, 7) is 5.61. The van der Waals surface area contributed by atoms with Crippen molar-refractivity contribution in [3.05, 3.63) is 52.6 Å². The van der Waals surface area contributed by atoms with Gasteiger partial charge in [0.2, 0.25) is 24.5 Å². The number of aliphatic hydroxyl groups is 1. The number of nitrogens with zero attached hydrogens (tertiary/aromatic N) is 1. The number of nitrogens with one attached hydrogen (secondary N) is 2. The van der Waals surface area contributed by atoms with Gasteiger partial charge in [-0.2, -0.15) is 0 Å². The zero-order valence-electron chi connectivity index (χ0n) is 19.0. The Bertz CT molecular complexity index is 1270. The maximum Gasteiger partial charge on any atom is 0.250 e. The van der Waals surface area contributed by atoms with E-state index < -0.39 is 41.3 Å². The highest BCUT2D eigenvalue weighted by Gasteiger charge is 2.71. The minimum Gasteiger partial charge on any atom is -0.454 e. The molecule has 0 aromatic heterocycles. The van der Waals surface area contributed by atoms with E-state index in [1.54, 1.807) is 25.1 Å². The average molecular weight is 463 g/mol. The van der Waals surface area contributed by atoms with Gasteiger partial charge >= 0.3 is 0 Å². The third-order valence-corrected chi connectivity index (χ3v) is 7.74. The molecule has 0 unspecified atom stereocenters. The first-order chi connectivity index (χ1) is 16.2. The summed E-state index contributed by atoms with van der Waals surface area (Å²) in [6.07, 6.45) is -0.947. The highest BCUT2D eigenvalue weighted by Crippen LogP contribution is 2.54. The lowest BCUT2D eigenvalue weighted by molar-refractivity contribution is -0.143. The smallest absolute Gasteiger partial charge is 0.250 e. The zero-order valence-corrected chi connectivity index (χ0v) is 19.0. The molecule has 34 heavy (non-hydrogen) atoms. The number of benzene rings is 2. The largest absolute Gasteiger partial charge is 0.454 e. The lowest BCUT2D eigenvalue weighted by Crippen LogP contribution is -2.54. The number of hydrogen-bond acceptors (Lipinski definition) is 7. The number of anilines is 1. The Balaban J connectivity index is 1.43. The second kappa shape index (κ2) is 7.04. The Labute approximate surface area is 196 Å². The SMILES string of the molecule is Cc1ccc2c(c1C)NC(=O)[C@]21N[C@@H]([C@H](C)O)[C@H]2C(=O)N(Cc3ccc4c(c3)OCO4)C(=O)[C@H]21. The van der Waals surface area contributed by atoms with Gasteiger partial charge in [0.25, 0.3) is 0 Å². The van der Waals surface area contributed by atoms with Gasteiger partial charge in [0.15, 0.2) is 11.5 Å². The van der Waals surface area contributed by atoms with Gasteiger partial charge in [-0.3, -0.25) is 24.6 Å². The second-order valence-electron chi connectivity index (χ2n) is 9.56. The molecule has 1 spiro atoms. The van der Waals surface area contributed by atoms with Crippen molar-refractivity contribution in [2.24, 2.45) is 11.8 Å². The quantitative estimate of drug-likeness (QED) is 0.588. The molecule has 2 aromatic carbocycles. The van der Waals surface area contributed by atoms with Gasteiger partial charge in [-0.05, 0) is 49.6 Å². The molecule has 3 amide bonds. The minimum atomic E-state index is -1.42. The number of hydrogen-bond donors (Lipinski definition) is 3. The Morgan fingerprint density at radius 1 is 1.12 bits per heavy atom. The van der Waals surface area contributed by atoms with Gasteiger partial charge in [0, 0.05) is 17.3 Å².